The molecule has 2 aliphatic rings. The first kappa shape index (κ1) is 40.2. The van der Waals surface area contributed by atoms with Crippen LogP contribution in [-0.2, 0) is 33.3 Å². The van der Waals surface area contributed by atoms with Crippen molar-refractivity contribution in [2.24, 2.45) is 0 Å². The van der Waals surface area contributed by atoms with Crippen LogP contribution in [0.25, 0.3) is 6.08 Å². The van der Waals surface area contributed by atoms with Crippen molar-refractivity contribution in [3.63, 3.8) is 0 Å². The smallest absolute Gasteiger partial charge is 0.338 e. The zero-order chi connectivity index (χ0) is 35.9. The van der Waals surface area contributed by atoms with Gasteiger partial charge in [-0.25, -0.2) is 4.79 Å². The van der Waals surface area contributed by atoms with Crippen molar-refractivity contribution in [2.45, 2.75) is 141 Å². The lowest BCUT2D eigenvalue weighted by Gasteiger charge is -2.31. The molecular formula is C38H57NO10. The number of hydrogen-bond acceptors (Lipinski definition) is 10. The second-order valence-electron chi connectivity index (χ2n) is 13.8. The third kappa shape index (κ3) is 13.2. The van der Waals surface area contributed by atoms with E-state index in [-0.39, 0.29) is 39.1 Å². The van der Waals surface area contributed by atoms with Crippen LogP contribution in [0.2, 0.25) is 0 Å². The maximum absolute atomic E-state index is 13.6. The van der Waals surface area contributed by atoms with E-state index >= 15 is 0 Å². The molecule has 0 spiro atoms. The Hall–Kier alpha value is -3.25. The maximum Gasteiger partial charge on any atom is 0.338 e. The Kier molecular flexibility index (Phi) is 16.2. The Morgan fingerprint density at radius 1 is 1.06 bits per heavy atom. The lowest BCUT2D eigenvalue weighted by Crippen LogP contribution is -2.45. The van der Waals surface area contributed by atoms with Gasteiger partial charge in [0.25, 0.3) is 0 Å². The van der Waals surface area contributed by atoms with Gasteiger partial charge < -0.3 is 39.2 Å². The van der Waals surface area contributed by atoms with Crippen LogP contribution in [0, 0.1) is 0 Å². The third-order valence-electron chi connectivity index (χ3n) is 8.41. The molecule has 0 radical (unpaired) electrons. The molecule has 1 aromatic rings. The Labute approximate surface area is 291 Å². The number of nitrogens with one attached hydrogen (secondary N) is 1. The molecule has 274 valence electrons. The molecule has 1 aromatic carbocycles. The summed E-state index contributed by atoms with van der Waals surface area (Å²) in [4.78, 5) is 39.5. The minimum atomic E-state index is -0.854. The number of fused-ring (bicyclic) bond motifs is 1. The van der Waals surface area contributed by atoms with Gasteiger partial charge in [0.05, 0.1) is 31.1 Å². The van der Waals surface area contributed by atoms with E-state index in [2.05, 4.69) is 19.2 Å². The van der Waals surface area contributed by atoms with E-state index in [1.165, 1.54) is 6.26 Å². The second-order valence-corrected chi connectivity index (χ2v) is 13.8. The second kappa shape index (κ2) is 19.8. The fraction of sp³-hybridized carbons (Fsp3) is 0.658. The fourth-order valence-corrected chi connectivity index (χ4v) is 5.99. The van der Waals surface area contributed by atoms with E-state index in [1.54, 1.807) is 51.1 Å². The van der Waals surface area contributed by atoms with Gasteiger partial charge in [-0.2, -0.15) is 0 Å². The van der Waals surface area contributed by atoms with Crippen LogP contribution >= 0.6 is 0 Å². The van der Waals surface area contributed by atoms with Gasteiger partial charge in [0.2, 0.25) is 5.91 Å². The van der Waals surface area contributed by atoms with Crippen LogP contribution in [0.5, 0.6) is 0 Å². The molecular weight excluding hydrogens is 630 g/mol. The predicted molar refractivity (Wildman–Crippen MR) is 185 cm³/mol. The number of esters is 2. The van der Waals surface area contributed by atoms with Gasteiger partial charge in [-0.15, -0.1) is 0 Å². The summed E-state index contributed by atoms with van der Waals surface area (Å²) in [5.74, 6) is -2.27. The summed E-state index contributed by atoms with van der Waals surface area (Å²) in [5.41, 5.74) is 0.749. The molecule has 3 rings (SSSR count). The Balaban J connectivity index is 1.83. The molecule has 1 aliphatic heterocycles. The minimum absolute atomic E-state index is 0.0313. The molecule has 1 heterocycles. The number of carbonyl (C=O) groups is 3. The van der Waals surface area contributed by atoms with Crippen molar-refractivity contribution in [3.05, 3.63) is 53.3 Å². The number of aliphatic hydroxyl groups excluding tert-OH is 2. The normalized spacial score (nSPS) is 20.7. The fourth-order valence-electron chi connectivity index (χ4n) is 5.99. The van der Waals surface area contributed by atoms with Gasteiger partial charge in [0.15, 0.2) is 5.79 Å². The van der Waals surface area contributed by atoms with Crippen molar-refractivity contribution in [1.82, 2.24) is 5.32 Å². The van der Waals surface area contributed by atoms with Crippen molar-refractivity contribution in [2.75, 3.05) is 19.8 Å². The van der Waals surface area contributed by atoms with Crippen LogP contribution in [0.1, 0.15) is 121 Å². The Morgan fingerprint density at radius 2 is 1.78 bits per heavy atom. The van der Waals surface area contributed by atoms with Gasteiger partial charge >= 0.3 is 11.9 Å². The quantitative estimate of drug-likeness (QED) is 0.0877. The van der Waals surface area contributed by atoms with Crippen LogP contribution in [0.4, 0.5) is 0 Å². The van der Waals surface area contributed by atoms with Gasteiger partial charge in [0.1, 0.15) is 30.5 Å². The Morgan fingerprint density at radius 3 is 2.41 bits per heavy atom. The lowest BCUT2D eigenvalue weighted by atomic mass is 9.91. The van der Waals surface area contributed by atoms with Crippen molar-refractivity contribution < 1.29 is 48.3 Å². The highest BCUT2D eigenvalue weighted by molar-refractivity contribution is 5.94. The third-order valence-corrected chi connectivity index (χ3v) is 8.41. The highest BCUT2D eigenvalue weighted by atomic mass is 16.8. The predicted octanol–water partition coefficient (Wildman–Crippen LogP) is 5.76. The van der Waals surface area contributed by atoms with E-state index in [0.717, 1.165) is 38.5 Å². The van der Waals surface area contributed by atoms with E-state index in [4.69, 9.17) is 28.8 Å². The number of carbonyl (C=O) groups excluding carboxylic acids is 3. The monoisotopic (exact) mass is 687 g/mol. The molecule has 0 aromatic heterocycles. The van der Waals surface area contributed by atoms with E-state index in [9.17, 15) is 19.5 Å². The standard InChI is InChI=1S/C38H57NO10/c1-6-8-10-18-38(19-11-9-7-2)47-32-25-29(35(43)39-30(26-41)15-16-33(42)48-37(3,4)5)24-31(34(32)49-38)46-36(44)28-14-12-13-27(23-28)17-21-45-22-20-40/h12-14,17,21,23,25,30-32,34,40-41H,6-11,15-16,18-20,22,24,26H2,1-5H3,(H,39,43)/t30-,31+,32+,34-/m0/s1. The molecule has 1 aliphatic carbocycles. The Bertz CT molecular complexity index is 1260. The average molecular weight is 688 g/mol. The number of hydrogen-bond donors (Lipinski definition) is 3. The van der Waals surface area contributed by atoms with Crippen molar-refractivity contribution in [3.8, 4) is 0 Å². The molecule has 0 unspecified atom stereocenters. The van der Waals surface area contributed by atoms with Gasteiger partial charge in [-0.3, -0.25) is 9.59 Å². The largest absolute Gasteiger partial charge is 0.499 e. The van der Waals surface area contributed by atoms with Gasteiger partial charge in [-0.05, 0) is 69.9 Å². The van der Waals surface area contributed by atoms with Crippen molar-refractivity contribution >= 4 is 23.9 Å². The highest BCUT2D eigenvalue weighted by Crippen LogP contribution is 2.43. The topological polar surface area (TPSA) is 150 Å². The maximum atomic E-state index is 13.6. The summed E-state index contributed by atoms with van der Waals surface area (Å²) in [7, 11) is 0. The van der Waals surface area contributed by atoms with Gasteiger partial charge in [0, 0.05) is 31.3 Å². The number of ether oxygens (including phenoxy) is 5. The summed E-state index contributed by atoms with van der Waals surface area (Å²) < 4.78 is 30.1. The lowest BCUT2D eigenvalue weighted by molar-refractivity contribution is -0.190. The summed E-state index contributed by atoms with van der Waals surface area (Å²) in [6.07, 6.45) is 10.5. The number of unbranched alkanes of at least 4 members (excludes halogenated alkanes) is 4. The molecule has 1 saturated heterocycles. The van der Waals surface area contributed by atoms with Crippen LogP contribution in [0.15, 0.2) is 42.2 Å². The van der Waals surface area contributed by atoms with Crippen molar-refractivity contribution in [1.29, 1.82) is 0 Å². The highest BCUT2D eigenvalue weighted by Gasteiger charge is 2.52. The first-order chi connectivity index (χ1) is 23.4. The summed E-state index contributed by atoms with van der Waals surface area (Å²) in [6, 6.07) is 6.19. The summed E-state index contributed by atoms with van der Waals surface area (Å²) in [5, 5.41) is 21.8. The molecule has 11 nitrogen and oxygen atoms in total. The van der Waals surface area contributed by atoms with E-state index in [1.807, 2.05) is 6.07 Å². The summed E-state index contributed by atoms with van der Waals surface area (Å²) in [6.45, 7) is 9.32. The number of amides is 1. The first-order valence-corrected chi connectivity index (χ1v) is 17.8. The first-order valence-electron chi connectivity index (χ1n) is 17.8. The van der Waals surface area contributed by atoms with E-state index in [0.29, 0.717) is 29.5 Å². The van der Waals surface area contributed by atoms with Gasteiger partial charge in [-0.1, -0.05) is 51.7 Å². The average Bonchev–Trinajstić information content (AvgIpc) is 3.43. The van der Waals surface area contributed by atoms with Crippen LogP contribution in [-0.4, -0.2) is 83.6 Å². The molecule has 4 atom stereocenters. The molecule has 49 heavy (non-hydrogen) atoms. The molecule has 1 fully saturated rings. The number of aliphatic hydroxyl groups is 2. The molecule has 11 heteroatoms. The zero-order valence-electron chi connectivity index (χ0n) is 29.9. The van der Waals surface area contributed by atoms with Crippen LogP contribution in [0.3, 0.4) is 0 Å². The molecule has 1 amide bonds. The number of rotatable bonds is 20. The zero-order valence-corrected chi connectivity index (χ0v) is 29.9. The van der Waals surface area contributed by atoms with Crippen LogP contribution < -0.4 is 5.32 Å². The SMILES string of the molecule is CCCCCC1(CCCCC)O[C@@H]2[C@@H](C=C(C(=O)N[C@H](CO)CCC(=O)OC(C)(C)C)C[C@H]2OC(=O)c2cccc(C=COCCO)c2)O1. The molecule has 0 saturated carbocycles. The number of benzene rings is 1. The minimum Gasteiger partial charge on any atom is -0.499 e. The molecule has 3 N–H and O–H groups in total. The molecule has 0 bridgehead atoms. The van der Waals surface area contributed by atoms with E-state index < -0.39 is 53.6 Å². The summed E-state index contributed by atoms with van der Waals surface area (Å²) >= 11 is 0.